The summed E-state index contributed by atoms with van der Waals surface area (Å²) in [5, 5.41) is 14.1. The van der Waals surface area contributed by atoms with Crippen molar-refractivity contribution in [3.05, 3.63) is 16.4 Å². The Bertz CT molecular complexity index is 427. The molecule has 1 aromatic rings. The van der Waals surface area contributed by atoms with Crippen molar-refractivity contribution in [2.45, 2.75) is 13.8 Å². The lowest BCUT2D eigenvalue weighted by Gasteiger charge is -2.21. The van der Waals surface area contributed by atoms with Crippen LogP contribution in [0.1, 0.15) is 13.8 Å². The van der Waals surface area contributed by atoms with Gasteiger partial charge in [-0.3, -0.25) is 10.1 Å². The second kappa shape index (κ2) is 7.47. The van der Waals surface area contributed by atoms with Crippen molar-refractivity contribution in [2.75, 3.05) is 43.6 Å². The zero-order valence-electron chi connectivity index (χ0n) is 11.4. The van der Waals surface area contributed by atoms with Crippen LogP contribution in [-0.4, -0.2) is 48.2 Å². The Morgan fingerprint density at radius 1 is 1.47 bits per heavy atom. The number of nitrogens with zero attached hydrogens (tertiary/aromatic N) is 4. The predicted octanol–water partition coefficient (Wildman–Crippen LogP) is 1.29. The molecule has 0 saturated heterocycles. The Kier molecular flexibility index (Phi) is 5.94. The highest BCUT2D eigenvalue weighted by Gasteiger charge is 2.25. The molecule has 1 rings (SSSR count). The van der Waals surface area contributed by atoms with Crippen LogP contribution in [0, 0.1) is 10.1 Å². The predicted molar refractivity (Wildman–Crippen MR) is 72.6 cm³/mol. The number of methoxy groups -OCH3 is 1. The number of likely N-dealkylation sites (N-methyl/N-ethyl adjacent to an activating group) is 1. The van der Waals surface area contributed by atoms with E-state index in [9.17, 15) is 10.1 Å². The maximum absolute atomic E-state index is 11.2. The zero-order valence-corrected chi connectivity index (χ0v) is 11.4. The van der Waals surface area contributed by atoms with E-state index in [2.05, 4.69) is 15.3 Å². The monoisotopic (exact) mass is 269 g/mol. The first kappa shape index (κ1) is 15.1. The summed E-state index contributed by atoms with van der Waals surface area (Å²) in [7, 11) is 1.59. The van der Waals surface area contributed by atoms with Crippen molar-refractivity contribution in [1.82, 2.24) is 9.97 Å². The minimum atomic E-state index is -0.456. The van der Waals surface area contributed by atoms with Crippen LogP contribution in [0.5, 0.6) is 0 Å². The van der Waals surface area contributed by atoms with Crippen LogP contribution < -0.4 is 10.2 Å². The van der Waals surface area contributed by atoms with Crippen molar-refractivity contribution in [1.29, 1.82) is 0 Å². The van der Waals surface area contributed by atoms with Crippen LogP contribution in [0.4, 0.5) is 17.3 Å². The molecule has 1 aromatic heterocycles. The van der Waals surface area contributed by atoms with Crippen LogP contribution in [-0.2, 0) is 4.74 Å². The number of hydrogen-bond donors (Lipinski definition) is 1. The molecule has 8 nitrogen and oxygen atoms in total. The number of nitro groups is 1. The summed E-state index contributed by atoms with van der Waals surface area (Å²) < 4.78 is 5.00. The quantitative estimate of drug-likeness (QED) is 0.561. The minimum absolute atomic E-state index is 0.0951. The van der Waals surface area contributed by atoms with Crippen molar-refractivity contribution in [2.24, 2.45) is 0 Å². The molecule has 8 heteroatoms. The van der Waals surface area contributed by atoms with Crippen LogP contribution in [0.3, 0.4) is 0 Å². The van der Waals surface area contributed by atoms with E-state index in [1.807, 2.05) is 13.8 Å². The fraction of sp³-hybridized carbons (Fsp3) is 0.636. The van der Waals surface area contributed by atoms with Gasteiger partial charge in [0.15, 0.2) is 0 Å². The fourth-order valence-corrected chi connectivity index (χ4v) is 1.68. The molecule has 0 aliphatic rings. The molecule has 19 heavy (non-hydrogen) atoms. The van der Waals surface area contributed by atoms with E-state index in [4.69, 9.17) is 4.74 Å². The lowest BCUT2D eigenvalue weighted by molar-refractivity contribution is -0.383. The van der Waals surface area contributed by atoms with Gasteiger partial charge in [-0.15, -0.1) is 0 Å². The van der Waals surface area contributed by atoms with Gasteiger partial charge >= 0.3 is 5.69 Å². The summed E-state index contributed by atoms with van der Waals surface area (Å²) in [5.74, 6) is 0.559. The lowest BCUT2D eigenvalue weighted by atomic mass is 10.3. The van der Waals surface area contributed by atoms with Gasteiger partial charge in [0.2, 0.25) is 11.6 Å². The maximum Gasteiger partial charge on any atom is 0.353 e. The number of ether oxygens (including phenoxy) is 1. The van der Waals surface area contributed by atoms with Gasteiger partial charge in [0.05, 0.1) is 11.5 Å². The largest absolute Gasteiger partial charge is 0.383 e. The van der Waals surface area contributed by atoms with Crippen LogP contribution in [0.15, 0.2) is 6.33 Å². The Balaban J connectivity index is 3.16. The summed E-state index contributed by atoms with van der Waals surface area (Å²) in [6.45, 7) is 5.94. The molecule has 0 unspecified atom stereocenters. The zero-order chi connectivity index (χ0) is 14.3. The third-order valence-electron chi connectivity index (χ3n) is 2.58. The Morgan fingerprint density at radius 2 is 2.21 bits per heavy atom. The molecule has 0 saturated carbocycles. The highest BCUT2D eigenvalue weighted by atomic mass is 16.6. The molecule has 0 atom stereocenters. The summed E-state index contributed by atoms with van der Waals surface area (Å²) in [5.41, 5.74) is -0.0951. The first-order valence-corrected chi connectivity index (χ1v) is 6.12. The molecule has 1 heterocycles. The van der Waals surface area contributed by atoms with Gasteiger partial charge in [-0.1, -0.05) is 0 Å². The molecular formula is C11H19N5O3. The van der Waals surface area contributed by atoms with Crippen LogP contribution in [0.2, 0.25) is 0 Å². The second-order valence-corrected chi connectivity index (χ2v) is 3.75. The molecule has 0 aliphatic carbocycles. The van der Waals surface area contributed by atoms with Crippen molar-refractivity contribution >= 4 is 17.3 Å². The Labute approximate surface area is 112 Å². The van der Waals surface area contributed by atoms with E-state index >= 15 is 0 Å². The summed E-state index contributed by atoms with van der Waals surface area (Å²) in [6.07, 6.45) is 1.33. The Hall–Kier alpha value is -1.96. The fourth-order valence-electron chi connectivity index (χ4n) is 1.68. The number of rotatable bonds is 8. The molecule has 0 bridgehead atoms. The van der Waals surface area contributed by atoms with Crippen molar-refractivity contribution in [3.63, 3.8) is 0 Å². The molecule has 0 fully saturated rings. The van der Waals surface area contributed by atoms with Gasteiger partial charge < -0.3 is 15.0 Å². The summed E-state index contributed by atoms with van der Waals surface area (Å²) in [6, 6.07) is 0. The van der Waals surface area contributed by atoms with E-state index in [-0.39, 0.29) is 11.5 Å². The lowest BCUT2D eigenvalue weighted by Crippen LogP contribution is -2.28. The molecule has 1 N–H and O–H groups in total. The standard InChI is InChI=1S/C11H19N5O3/c1-4-12-10-9(16(17)18)11(14-8-13-10)15(5-2)6-7-19-3/h8H,4-7H2,1-3H3,(H,12,13,14). The average molecular weight is 269 g/mol. The number of hydrogen-bond acceptors (Lipinski definition) is 7. The van der Waals surface area contributed by atoms with Crippen molar-refractivity contribution in [3.8, 4) is 0 Å². The molecule has 0 aromatic carbocycles. The molecular weight excluding hydrogens is 250 g/mol. The van der Waals surface area contributed by atoms with E-state index in [0.717, 1.165) is 0 Å². The van der Waals surface area contributed by atoms with Gasteiger partial charge in [-0.25, -0.2) is 9.97 Å². The van der Waals surface area contributed by atoms with Gasteiger partial charge in [-0.05, 0) is 13.8 Å². The molecule has 0 radical (unpaired) electrons. The normalized spacial score (nSPS) is 10.3. The number of anilines is 2. The third kappa shape index (κ3) is 3.75. The maximum atomic E-state index is 11.2. The van der Waals surface area contributed by atoms with Gasteiger partial charge in [0.1, 0.15) is 6.33 Å². The van der Waals surface area contributed by atoms with Gasteiger partial charge in [0, 0.05) is 26.7 Å². The number of nitrogens with one attached hydrogen (secondary N) is 1. The number of aromatic nitrogens is 2. The molecule has 106 valence electrons. The summed E-state index contributed by atoms with van der Waals surface area (Å²) in [4.78, 5) is 20.5. The second-order valence-electron chi connectivity index (χ2n) is 3.75. The van der Waals surface area contributed by atoms with Gasteiger partial charge in [0.25, 0.3) is 0 Å². The Morgan fingerprint density at radius 3 is 2.74 bits per heavy atom. The van der Waals surface area contributed by atoms with E-state index in [0.29, 0.717) is 32.1 Å². The summed E-state index contributed by atoms with van der Waals surface area (Å²) >= 11 is 0. The average Bonchev–Trinajstić information content (AvgIpc) is 2.40. The minimum Gasteiger partial charge on any atom is -0.383 e. The van der Waals surface area contributed by atoms with Crippen LogP contribution >= 0.6 is 0 Å². The molecule has 0 amide bonds. The smallest absolute Gasteiger partial charge is 0.353 e. The highest BCUT2D eigenvalue weighted by molar-refractivity contribution is 5.70. The third-order valence-corrected chi connectivity index (χ3v) is 2.58. The van der Waals surface area contributed by atoms with E-state index < -0.39 is 4.92 Å². The first-order valence-electron chi connectivity index (χ1n) is 6.12. The SMILES string of the molecule is CCNc1ncnc(N(CC)CCOC)c1[N+](=O)[O-]. The topological polar surface area (TPSA) is 93.4 Å². The van der Waals surface area contributed by atoms with Crippen molar-refractivity contribution < 1.29 is 9.66 Å². The highest BCUT2D eigenvalue weighted by Crippen LogP contribution is 2.31. The molecule has 0 spiro atoms. The first-order chi connectivity index (χ1) is 9.15. The van der Waals surface area contributed by atoms with Gasteiger partial charge in [-0.2, -0.15) is 0 Å². The molecule has 0 aliphatic heterocycles. The van der Waals surface area contributed by atoms with E-state index in [1.165, 1.54) is 6.33 Å². The van der Waals surface area contributed by atoms with Crippen LogP contribution in [0.25, 0.3) is 0 Å². The van der Waals surface area contributed by atoms with E-state index in [1.54, 1.807) is 12.0 Å².